The number of carbonyl (C=O) groups is 1. The van der Waals surface area contributed by atoms with Gasteiger partial charge in [-0.05, 0) is 25.3 Å². The molecule has 1 atom stereocenters. The summed E-state index contributed by atoms with van der Waals surface area (Å²) in [5.74, 6) is 0.524. The molecule has 1 aliphatic rings. The molecule has 2 aromatic rings. The largest absolute Gasteiger partial charge is 0.382 e. The van der Waals surface area contributed by atoms with E-state index in [9.17, 15) is 4.79 Å². The lowest BCUT2D eigenvalue weighted by atomic mass is 9.74. The molecule has 2 N–H and O–H groups in total. The summed E-state index contributed by atoms with van der Waals surface area (Å²) in [6.45, 7) is 4.55. The molecule has 1 fully saturated rings. The Hall–Kier alpha value is -2.38. The highest BCUT2D eigenvalue weighted by Crippen LogP contribution is 2.34. The minimum absolute atomic E-state index is 0.0941. The Kier molecular flexibility index (Phi) is 6.47. The lowest BCUT2D eigenvalue weighted by Gasteiger charge is -2.37. The molecule has 0 saturated carbocycles. The van der Waals surface area contributed by atoms with Crippen LogP contribution < -0.4 is 10.6 Å². The highest BCUT2D eigenvalue weighted by atomic mass is 16.5. The number of carbonyl (C=O) groups excluding carboxylic acids is 1. The number of methoxy groups -OCH3 is 1. The van der Waals surface area contributed by atoms with Crippen molar-refractivity contribution >= 4 is 11.8 Å². The summed E-state index contributed by atoms with van der Waals surface area (Å²) in [4.78, 5) is 12.4. The minimum Gasteiger partial charge on any atom is -0.382 e. The van der Waals surface area contributed by atoms with E-state index >= 15 is 0 Å². The van der Waals surface area contributed by atoms with E-state index in [-0.39, 0.29) is 17.5 Å². The molecular weight excluding hydrogens is 344 g/mol. The number of hydrogen-bond donors (Lipinski definition) is 2. The molecule has 1 saturated heterocycles. The van der Waals surface area contributed by atoms with E-state index in [0.29, 0.717) is 32.2 Å². The van der Waals surface area contributed by atoms with E-state index < -0.39 is 0 Å². The Morgan fingerprint density at radius 3 is 2.74 bits per heavy atom. The number of nitrogens with zero attached hydrogens (tertiary/aromatic N) is 2. The van der Waals surface area contributed by atoms with Crippen molar-refractivity contribution in [2.24, 2.45) is 0 Å². The van der Waals surface area contributed by atoms with Crippen LogP contribution >= 0.6 is 0 Å². The predicted molar refractivity (Wildman–Crippen MR) is 104 cm³/mol. The van der Waals surface area contributed by atoms with Gasteiger partial charge < -0.3 is 14.8 Å². The van der Waals surface area contributed by atoms with Crippen molar-refractivity contribution in [3.05, 3.63) is 48.2 Å². The fourth-order valence-corrected chi connectivity index (χ4v) is 3.50. The number of anilines is 1. The summed E-state index contributed by atoms with van der Waals surface area (Å²) >= 11 is 0. The Labute approximate surface area is 160 Å². The van der Waals surface area contributed by atoms with Gasteiger partial charge in [-0.2, -0.15) is 5.10 Å². The fraction of sp³-hybridized carbons (Fsp3) is 0.500. The number of hydrogen-bond acceptors (Lipinski definition) is 4. The molecule has 2 amide bonds. The average molecular weight is 372 g/mol. The monoisotopic (exact) mass is 372 g/mol. The molecule has 7 heteroatoms. The number of nitrogens with one attached hydrogen (secondary N) is 2. The van der Waals surface area contributed by atoms with Gasteiger partial charge in [0, 0.05) is 44.5 Å². The third-order valence-corrected chi connectivity index (χ3v) is 5.13. The molecule has 27 heavy (non-hydrogen) atoms. The van der Waals surface area contributed by atoms with E-state index in [1.807, 2.05) is 31.3 Å². The first-order valence-corrected chi connectivity index (χ1v) is 9.35. The normalized spacial score (nSPS) is 17.3. The number of aromatic nitrogens is 2. The van der Waals surface area contributed by atoms with E-state index in [1.165, 1.54) is 5.56 Å². The molecule has 0 bridgehead atoms. The second-order valence-corrected chi connectivity index (χ2v) is 7.05. The SMILES string of the molecule is COCC(C)n1ccc(NC(=O)NCC2(c3ccccc3)CCOCC2)n1. The third kappa shape index (κ3) is 4.87. The summed E-state index contributed by atoms with van der Waals surface area (Å²) in [5, 5.41) is 10.2. The standard InChI is InChI=1S/C20H28N4O3/c1-16(14-26-2)24-11-8-18(23-24)22-19(25)21-15-20(9-12-27-13-10-20)17-6-4-3-5-7-17/h3-8,11,16H,9-10,12-15H2,1-2H3,(H2,21,22,23,25). The number of rotatable bonds is 7. The van der Waals surface area contributed by atoms with Crippen LogP contribution in [0.2, 0.25) is 0 Å². The number of benzene rings is 1. The van der Waals surface area contributed by atoms with Crippen LogP contribution in [0.25, 0.3) is 0 Å². The van der Waals surface area contributed by atoms with E-state index in [0.717, 1.165) is 12.8 Å². The average Bonchev–Trinajstić information content (AvgIpc) is 3.17. The summed E-state index contributed by atoms with van der Waals surface area (Å²) in [6.07, 6.45) is 3.62. The van der Waals surface area contributed by atoms with Crippen molar-refractivity contribution in [3.8, 4) is 0 Å². The topological polar surface area (TPSA) is 77.4 Å². The van der Waals surface area contributed by atoms with Crippen LogP contribution in [-0.2, 0) is 14.9 Å². The second kappa shape index (κ2) is 9.01. The van der Waals surface area contributed by atoms with Crippen molar-refractivity contribution in [2.75, 3.05) is 38.8 Å². The van der Waals surface area contributed by atoms with Crippen LogP contribution in [0.4, 0.5) is 10.6 Å². The molecule has 7 nitrogen and oxygen atoms in total. The van der Waals surface area contributed by atoms with Crippen LogP contribution in [0.15, 0.2) is 42.6 Å². The highest BCUT2D eigenvalue weighted by Gasteiger charge is 2.34. The Bertz CT molecular complexity index is 726. The third-order valence-electron chi connectivity index (χ3n) is 5.13. The van der Waals surface area contributed by atoms with Gasteiger partial charge in [-0.3, -0.25) is 10.00 Å². The van der Waals surface area contributed by atoms with Crippen molar-refractivity contribution in [1.82, 2.24) is 15.1 Å². The fourth-order valence-electron chi connectivity index (χ4n) is 3.50. The van der Waals surface area contributed by atoms with Gasteiger partial charge in [0.25, 0.3) is 0 Å². The van der Waals surface area contributed by atoms with E-state index in [1.54, 1.807) is 17.9 Å². The van der Waals surface area contributed by atoms with Gasteiger partial charge in [-0.1, -0.05) is 30.3 Å². The first kappa shape index (κ1) is 19.4. The molecule has 146 valence electrons. The molecule has 2 heterocycles. The smallest absolute Gasteiger partial charge is 0.320 e. The molecule has 0 spiro atoms. The molecule has 1 aromatic heterocycles. The summed E-state index contributed by atoms with van der Waals surface area (Å²) in [5.41, 5.74) is 1.15. The van der Waals surface area contributed by atoms with E-state index in [4.69, 9.17) is 9.47 Å². The zero-order valence-corrected chi connectivity index (χ0v) is 16.0. The summed E-state index contributed by atoms with van der Waals surface area (Å²) in [7, 11) is 1.66. The maximum absolute atomic E-state index is 12.4. The molecule has 1 aromatic carbocycles. The number of urea groups is 1. The van der Waals surface area contributed by atoms with Crippen LogP contribution in [-0.4, -0.2) is 49.3 Å². The zero-order valence-electron chi connectivity index (χ0n) is 16.0. The van der Waals surface area contributed by atoms with Gasteiger partial charge in [0.1, 0.15) is 0 Å². The maximum Gasteiger partial charge on any atom is 0.320 e. The highest BCUT2D eigenvalue weighted by molar-refractivity contribution is 5.88. The van der Waals surface area contributed by atoms with Crippen LogP contribution in [0.1, 0.15) is 31.4 Å². The van der Waals surface area contributed by atoms with Crippen molar-refractivity contribution in [3.63, 3.8) is 0 Å². The summed E-state index contributed by atoms with van der Waals surface area (Å²) in [6, 6.07) is 12.0. The quantitative estimate of drug-likeness (QED) is 0.783. The van der Waals surface area contributed by atoms with Crippen LogP contribution in [0.5, 0.6) is 0 Å². The Morgan fingerprint density at radius 2 is 2.04 bits per heavy atom. The number of amides is 2. The first-order valence-electron chi connectivity index (χ1n) is 9.35. The van der Waals surface area contributed by atoms with Gasteiger partial charge in [0.15, 0.2) is 5.82 Å². The second-order valence-electron chi connectivity index (χ2n) is 7.05. The van der Waals surface area contributed by atoms with Gasteiger partial charge in [0.2, 0.25) is 0 Å². The van der Waals surface area contributed by atoms with Gasteiger partial charge >= 0.3 is 6.03 Å². The minimum atomic E-state index is -0.249. The molecule has 1 aliphatic heterocycles. The van der Waals surface area contributed by atoms with E-state index in [2.05, 4.69) is 27.9 Å². The molecule has 0 aliphatic carbocycles. The zero-order chi connectivity index (χ0) is 19.1. The Morgan fingerprint density at radius 1 is 1.30 bits per heavy atom. The summed E-state index contributed by atoms with van der Waals surface area (Å²) < 4.78 is 12.5. The maximum atomic E-state index is 12.4. The van der Waals surface area contributed by atoms with Crippen molar-refractivity contribution in [1.29, 1.82) is 0 Å². The molecule has 0 radical (unpaired) electrons. The molecule has 3 rings (SSSR count). The predicted octanol–water partition coefficient (Wildman–Crippen LogP) is 2.96. The van der Waals surface area contributed by atoms with Gasteiger partial charge in [-0.15, -0.1) is 0 Å². The molecular formula is C20H28N4O3. The van der Waals surface area contributed by atoms with Crippen molar-refractivity contribution in [2.45, 2.75) is 31.2 Å². The van der Waals surface area contributed by atoms with Gasteiger partial charge in [-0.25, -0.2) is 4.79 Å². The first-order chi connectivity index (χ1) is 13.1. The Balaban J connectivity index is 1.60. The van der Waals surface area contributed by atoms with Crippen LogP contribution in [0, 0.1) is 0 Å². The van der Waals surface area contributed by atoms with Crippen LogP contribution in [0.3, 0.4) is 0 Å². The number of ether oxygens (including phenoxy) is 2. The molecule has 1 unspecified atom stereocenters. The lowest BCUT2D eigenvalue weighted by Crippen LogP contribution is -2.45. The van der Waals surface area contributed by atoms with Gasteiger partial charge in [0.05, 0.1) is 12.6 Å². The van der Waals surface area contributed by atoms with Crippen molar-refractivity contribution < 1.29 is 14.3 Å². The lowest BCUT2D eigenvalue weighted by molar-refractivity contribution is 0.0508.